The van der Waals surface area contributed by atoms with Crippen LogP contribution in [0.4, 0.5) is 4.39 Å². The second-order valence-corrected chi connectivity index (χ2v) is 8.95. The highest BCUT2D eigenvalue weighted by Crippen LogP contribution is 2.33. The van der Waals surface area contributed by atoms with Crippen LogP contribution in [0.5, 0.6) is 5.75 Å². The van der Waals surface area contributed by atoms with Gasteiger partial charge in [-0.1, -0.05) is 18.2 Å². The first-order valence-electron chi connectivity index (χ1n) is 11.6. The number of aliphatic hydroxyl groups is 1. The number of β-amino-alcohol motifs (C(OH)–C–C–N with tert-alkyl or cyclic N) is 1. The van der Waals surface area contributed by atoms with Crippen LogP contribution in [0, 0.1) is 19.7 Å². The largest absolute Gasteiger partial charge is 0.490 e. The van der Waals surface area contributed by atoms with Crippen LogP contribution in [0.1, 0.15) is 35.8 Å². The van der Waals surface area contributed by atoms with Crippen LogP contribution in [0.15, 0.2) is 51.3 Å². The Kier molecular flexibility index (Phi) is 6.34. The number of likely N-dealkylation sites (tertiary alicyclic amines) is 1. The normalized spacial score (nSPS) is 16.2. The van der Waals surface area contributed by atoms with Crippen molar-refractivity contribution < 1.29 is 23.1 Å². The fourth-order valence-electron chi connectivity index (χ4n) is 4.51. The van der Waals surface area contributed by atoms with E-state index in [-0.39, 0.29) is 12.4 Å². The van der Waals surface area contributed by atoms with Crippen molar-refractivity contribution in [3.8, 4) is 17.4 Å². The maximum atomic E-state index is 13.9. The van der Waals surface area contributed by atoms with E-state index in [9.17, 15) is 9.50 Å². The molecule has 3 heterocycles. The van der Waals surface area contributed by atoms with E-state index in [1.807, 2.05) is 36.4 Å². The highest BCUT2D eigenvalue weighted by atomic mass is 19.1. The molecule has 1 unspecified atom stereocenters. The number of aryl methyl sites for hydroxylation is 2. The lowest BCUT2D eigenvalue weighted by atomic mass is 9.89. The number of rotatable bonds is 7. The summed E-state index contributed by atoms with van der Waals surface area (Å²) in [5, 5.41) is 19.2. The number of furan rings is 1. The van der Waals surface area contributed by atoms with Gasteiger partial charge in [0.15, 0.2) is 5.76 Å². The Morgan fingerprint density at radius 1 is 1.12 bits per heavy atom. The van der Waals surface area contributed by atoms with Crippen LogP contribution in [-0.2, 0) is 0 Å². The predicted octanol–water partition coefficient (Wildman–Crippen LogP) is 4.86. The number of hydrogen-bond donors (Lipinski definition) is 1. The van der Waals surface area contributed by atoms with Gasteiger partial charge in [0.05, 0.1) is 5.39 Å². The van der Waals surface area contributed by atoms with Crippen molar-refractivity contribution in [1.82, 2.24) is 15.1 Å². The lowest BCUT2D eigenvalue weighted by Crippen LogP contribution is -2.40. The topological polar surface area (TPSA) is 84.8 Å². The Morgan fingerprint density at radius 2 is 1.94 bits per heavy atom. The lowest BCUT2D eigenvalue weighted by molar-refractivity contribution is 0.0599. The highest BCUT2D eigenvalue weighted by molar-refractivity contribution is 5.87. The number of hydrogen-bond acceptors (Lipinski definition) is 7. The maximum Gasteiger partial charge on any atom is 0.283 e. The third kappa shape index (κ3) is 4.83. The highest BCUT2D eigenvalue weighted by Gasteiger charge is 2.23. The van der Waals surface area contributed by atoms with Crippen molar-refractivity contribution >= 4 is 11.0 Å². The zero-order valence-electron chi connectivity index (χ0n) is 19.3. The molecule has 34 heavy (non-hydrogen) atoms. The van der Waals surface area contributed by atoms with Crippen molar-refractivity contribution in [2.75, 3.05) is 26.2 Å². The number of halogens is 1. The average Bonchev–Trinajstić information content (AvgIpc) is 3.46. The standard InChI is InChI=1S/C26H28FN3O4/c1-16-6-7-19(12-22(16)27)18-8-10-30(11-9-18)14-20(31)15-32-23-4-3-5-24-21(23)13-25(34-24)26-29-28-17(2)33-26/h3-7,12-13,18,20,31H,8-11,14-15H2,1-2H3. The van der Waals surface area contributed by atoms with E-state index < -0.39 is 6.10 Å². The minimum Gasteiger partial charge on any atom is -0.490 e. The van der Waals surface area contributed by atoms with Crippen LogP contribution in [0.3, 0.4) is 0 Å². The van der Waals surface area contributed by atoms with Gasteiger partial charge >= 0.3 is 0 Å². The molecule has 4 aromatic rings. The first-order valence-corrected chi connectivity index (χ1v) is 11.6. The molecule has 1 aliphatic rings. The molecule has 2 aromatic heterocycles. The molecule has 0 radical (unpaired) electrons. The number of piperidine rings is 1. The quantitative estimate of drug-likeness (QED) is 0.417. The van der Waals surface area contributed by atoms with Crippen LogP contribution in [-0.4, -0.2) is 52.5 Å². The van der Waals surface area contributed by atoms with Crippen LogP contribution in [0.25, 0.3) is 22.6 Å². The summed E-state index contributed by atoms with van der Waals surface area (Å²) in [5.74, 6) is 2.10. The molecule has 8 heteroatoms. The molecule has 2 aromatic carbocycles. The number of nitrogens with zero attached hydrogens (tertiary/aromatic N) is 3. The number of fused-ring (bicyclic) bond motifs is 1. The first kappa shape index (κ1) is 22.6. The van der Waals surface area contributed by atoms with Crippen LogP contribution >= 0.6 is 0 Å². The van der Waals surface area contributed by atoms with E-state index in [0.717, 1.165) is 36.9 Å². The van der Waals surface area contributed by atoms with E-state index in [4.69, 9.17) is 13.6 Å². The van der Waals surface area contributed by atoms with E-state index in [2.05, 4.69) is 15.1 Å². The second kappa shape index (κ2) is 9.56. The van der Waals surface area contributed by atoms with Gasteiger partial charge in [-0.2, -0.15) is 0 Å². The molecule has 0 amide bonds. The molecular formula is C26H28FN3O4. The average molecular weight is 466 g/mol. The number of ether oxygens (including phenoxy) is 1. The molecular weight excluding hydrogens is 437 g/mol. The molecule has 5 rings (SSSR count). The van der Waals surface area contributed by atoms with Gasteiger partial charge < -0.3 is 23.6 Å². The van der Waals surface area contributed by atoms with Gasteiger partial charge in [-0.25, -0.2) is 4.39 Å². The zero-order valence-corrected chi connectivity index (χ0v) is 19.3. The molecule has 0 spiro atoms. The summed E-state index contributed by atoms with van der Waals surface area (Å²) in [6, 6.07) is 12.9. The molecule has 1 atom stereocenters. The van der Waals surface area contributed by atoms with E-state index in [1.54, 1.807) is 19.9 Å². The minimum absolute atomic E-state index is 0.139. The van der Waals surface area contributed by atoms with Gasteiger partial charge in [0.1, 0.15) is 29.9 Å². The summed E-state index contributed by atoms with van der Waals surface area (Å²) >= 11 is 0. The molecule has 1 N–H and O–H groups in total. The van der Waals surface area contributed by atoms with Gasteiger partial charge in [-0.05, 0) is 68.1 Å². The third-order valence-electron chi connectivity index (χ3n) is 6.41. The molecule has 7 nitrogen and oxygen atoms in total. The van der Waals surface area contributed by atoms with E-state index in [1.165, 1.54) is 0 Å². The fraction of sp³-hybridized carbons (Fsp3) is 0.385. The van der Waals surface area contributed by atoms with Gasteiger partial charge in [0.2, 0.25) is 5.89 Å². The number of aromatic nitrogens is 2. The molecule has 1 saturated heterocycles. The van der Waals surface area contributed by atoms with Crippen LogP contribution < -0.4 is 4.74 Å². The summed E-state index contributed by atoms with van der Waals surface area (Å²) in [5.41, 5.74) is 2.39. The van der Waals surface area contributed by atoms with Gasteiger partial charge in [0.25, 0.3) is 5.89 Å². The molecule has 0 aliphatic carbocycles. The predicted molar refractivity (Wildman–Crippen MR) is 125 cm³/mol. The SMILES string of the molecule is Cc1nnc(-c2cc3c(OCC(O)CN4CCC(c5ccc(C)c(F)c5)CC4)cccc3o2)o1. The summed E-state index contributed by atoms with van der Waals surface area (Å²) in [6.07, 6.45) is 1.26. The van der Waals surface area contributed by atoms with Crippen molar-refractivity contribution in [3.05, 3.63) is 65.3 Å². The number of benzene rings is 2. The molecule has 1 aliphatic heterocycles. The fourth-order valence-corrected chi connectivity index (χ4v) is 4.51. The van der Waals surface area contributed by atoms with Crippen LogP contribution in [0.2, 0.25) is 0 Å². The first-order chi connectivity index (χ1) is 16.5. The molecule has 178 valence electrons. The van der Waals surface area contributed by atoms with E-state index >= 15 is 0 Å². The molecule has 0 saturated carbocycles. The van der Waals surface area contributed by atoms with Crippen molar-refractivity contribution in [1.29, 1.82) is 0 Å². The number of aliphatic hydroxyl groups excluding tert-OH is 1. The summed E-state index contributed by atoms with van der Waals surface area (Å²) < 4.78 is 31.1. The van der Waals surface area contributed by atoms with Gasteiger partial charge in [-0.3, -0.25) is 0 Å². The zero-order chi connectivity index (χ0) is 23.7. The van der Waals surface area contributed by atoms with Gasteiger partial charge in [-0.15, -0.1) is 10.2 Å². The summed E-state index contributed by atoms with van der Waals surface area (Å²) in [4.78, 5) is 2.24. The van der Waals surface area contributed by atoms with Gasteiger partial charge in [0, 0.05) is 19.5 Å². The Hall–Kier alpha value is -3.23. The minimum atomic E-state index is -0.631. The Morgan fingerprint density at radius 3 is 2.68 bits per heavy atom. The van der Waals surface area contributed by atoms with Crippen molar-refractivity contribution in [3.63, 3.8) is 0 Å². The van der Waals surface area contributed by atoms with Crippen molar-refractivity contribution in [2.24, 2.45) is 0 Å². The summed E-state index contributed by atoms with van der Waals surface area (Å²) in [6.45, 7) is 5.93. The molecule has 1 fully saturated rings. The monoisotopic (exact) mass is 465 g/mol. The third-order valence-corrected chi connectivity index (χ3v) is 6.41. The van der Waals surface area contributed by atoms with E-state index in [0.29, 0.717) is 46.9 Å². The maximum absolute atomic E-state index is 13.9. The Bertz CT molecular complexity index is 1280. The Balaban J connectivity index is 1.16. The molecule has 0 bridgehead atoms. The lowest BCUT2D eigenvalue weighted by Gasteiger charge is -2.33. The Labute approximate surface area is 197 Å². The smallest absolute Gasteiger partial charge is 0.283 e. The summed E-state index contributed by atoms with van der Waals surface area (Å²) in [7, 11) is 0. The van der Waals surface area contributed by atoms with Crippen molar-refractivity contribution in [2.45, 2.75) is 38.7 Å². The second-order valence-electron chi connectivity index (χ2n) is 8.95.